The van der Waals surface area contributed by atoms with Crippen molar-refractivity contribution >= 4 is 35.6 Å². The lowest BCUT2D eigenvalue weighted by Crippen LogP contribution is -2.61. The summed E-state index contributed by atoms with van der Waals surface area (Å²) in [6, 6.07) is 0. The van der Waals surface area contributed by atoms with Gasteiger partial charge in [-0.3, -0.25) is 28.8 Å². The van der Waals surface area contributed by atoms with Gasteiger partial charge in [0.2, 0.25) is 0 Å². The summed E-state index contributed by atoms with van der Waals surface area (Å²) in [6.07, 6.45) is -8.85. The van der Waals surface area contributed by atoms with Crippen molar-refractivity contribution in [3.63, 3.8) is 0 Å². The highest BCUT2D eigenvalue weighted by atomic mass is 16.4. The molecule has 1 saturated carbocycles. The molecule has 0 aromatic carbocycles. The molecule has 190 valence electrons. The third kappa shape index (κ3) is 41.2. The molecule has 0 amide bonds. The van der Waals surface area contributed by atoms with Gasteiger partial charge in [-0.2, -0.15) is 0 Å². The summed E-state index contributed by atoms with van der Waals surface area (Å²) in [5.74, 6) is -5.25. The number of aliphatic hydroxyl groups excluding tert-OH is 5. The van der Waals surface area contributed by atoms with Crippen molar-refractivity contribution in [2.45, 2.75) is 65.1 Å². The summed E-state index contributed by atoms with van der Waals surface area (Å²) in [7, 11) is 0. The van der Waals surface area contributed by atoms with E-state index < -0.39 is 66.1 Å². The van der Waals surface area contributed by atoms with E-state index in [0.717, 1.165) is 34.6 Å². The Morgan fingerprint density at radius 3 is 0.719 bits per heavy atom. The predicted molar refractivity (Wildman–Crippen MR) is 102 cm³/mol. The first-order valence-electron chi connectivity index (χ1n) is 8.04. The van der Waals surface area contributed by atoms with Crippen LogP contribution in [0, 0.1) is 0 Å². The summed E-state index contributed by atoms with van der Waals surface area (Å²) in [4.78, 5) is 55.8. The minimum atomic E-state index is -1.83. The van der Waals surface area contributed by atoms with Gasteiger partial charge in [0, 0.05) is 34.6 Å². The van der Waals surface area contributed by atoms with Gasteiger partial charge in [0.15, 0.2) is 5.78 Å². The van der Waals surface area contributed by atoms with E-state index >= 15 is 0 Å². The fourth-order valence-corrected chi connectivity index (χ4v) is 1.09. The number of carboxylic acid groups (broad SMARTS) is 5. The van der Waals surface area contributed by atoms with E-state index in [1.54, 1.807) is 0 Å². The van der Waals surface area contributed by atoms with Crippen molar-refractivity contribution in [3.8, 4) is 0 Å². The molecule has 1 rings (SSSR count). The van der Waals surface area contributed by atoms with E-state index in [1.165, 1.54) is 0 Å². The number of Topliss-reactive ketones (excluding diaryl/α,β-unsaturated/α-hetero) is 1. The molecule has 0 spiro atoms. The van der Waals surface area contributed by atoms with E-state index in [-0.39, 0.29) is 0 Å². The number of carboxylic acids is 5. The minimum Gasteiger partial charge on any atom is -0.481 e. The summed E-state index contributed by atoms with van der Waals surface area (Å²) < 4.78 is 0. The second-order valence-corrected chi connectivity index (χ2v) is 5.36. The van der Waals surface area contributed by atoms with Gasteiger partial charge in [-0.25, -0.2) is 0 Å². The second-order valence-electron chi connectivity index (χ2n) is 5.36. The second kappa shape index (κ2) is 22.5. The van der Waals surface area contributed by atoms with Gasteiger partial charge < -0.3 is 51.1 Å². The van der Waals surface area contributed by atoms with Crippen LogP contribution in [0.5, 0.6) is 0 Å². The number of hydrogen-bond acceptors (Lipinski definition) is 11. The maximum absolute atomic E-state index is 10.8. The van der Waals surface area contributed by atoms with Crippen molar-refractivity contribution in [2.24, 2.45) is 0 Å². The largest absolute Gasteiger partial charge is 0.481 e. The van der Waals surface area contributed by atoms with E-state index in [4.69, 9.17) is 75.0 Å². The normalized spacial score (nSPS) is 22.4. The van der Waals surface area contributed by atoms with Crippen molar-refractivity contribution < 1.29 is 79.8 Å². The quantitative estimate of drug-likeness (QED) is 0.164. The van der Waals surface area contributed by atoms with Gasteiger partial charge in [0.25, 0.3) is 29.8 Å². The van der Waals surface area contributed by atoms with Gasteiger partial charge in [0.1, 0.15) is 30.5 Å². The van der Waals surface area contributed by atoms with Gasteiger partial charge in [-0.1, -0.05) is 0 Å². The average Bonchev–Trinajstić information content (AvgIpc) is 2.54. The molecule has 1 aliphatic carbocycles. The topological polar surface area (TPSA) is 305 Å². The zero-order valence-corrected chi connectivity index (χ0v) is 17.8. The number of aliphatic hydroxyl groups is 5. The molecule has 32 heavy (non-hydrogen) atoms. The van der Waals surface area contributed by atoms with Crippen LogP contribution >= 0.6 is 0 Å². The van der Waals surface area contributed by atoms with Crippen molar-refractivity contribution in [2.75, 3.05) is 0 Å². The fourth-order valence-electron chi connectivity index (χ4n) is 1.09. The number of ketones is 1. The molecule has 10 N–H and O–H groups in total. The summed E-state index contributed by atoms with van der Waals surface area (Å²) in [5.41, 5.74) is 0. The molecule has 0 bridgehead atoms. The Kier molecular flexibility index (Phi) is 27.6. The van der Waals surface area contributed by atoms with E-state index in [0.29, 0.717) is 0 Å². The van der Waals surface area contributed by atoms with Gasteiger partial charge in [0.05, 0.1) is 0 Å². The Morgan fingerprint density at radius 2 is 0.594 bits per heavy atom. The van der Waals surface area contributed by atoms with E-state index in [1.807, 2.05) is 0 Å². The lowest BCUT2D eigenvalue weighted by molar-refractivity contribution is -0.185. The van der Waals surface area contributed by atoms with E-state index in [2.05, 4.69) is 0 Å². The zero-order valence-electron chi connectivity index (χ0n) is 17.8. The standard InChI is InChI=1S/C6H10O6.5C2H4O2/c7-1-2(8)4(10)6(12)5(11)3(1)9;5*1-2(3)4/h1-5,7-11H;5*1H3,(H,3,4). The molecule has 1 aliphatic rings. The van der Waals surface area contributed by atoms with Gasteiger partial charge in [-0.15, -0.1) is 0 Å². The molecule has 16 heteroatoms. The van der Waals surface area contributed by atoms with Crippen LogP contribution in [0.4, 0.5) is 0 Å². The molecule has 16 nitrogen and oxygen atoms in total. The van der Waals surface area contributed by atoms with Crippen LogP contribution in [0.15, 0.2) is 0 Å². The van der Waals surface area contributed by atoms with Crippen molar-refractivity contribution in [3.05, 3.63) is 0 Å². The van der Waals surface area contributed by atoms with Crippen molar-refractivity contribution in [1.29, 1.82) is 0 Å². The Labute approximate surface area is 181 Å². The number of rotatable bonds is 0. The molecular formula is C16H30O16. The molecule has 4 unspecified atom stereocenters. The molecule has 0 radical (unpaired) electrons. The first kappa shape index (κ1) is 39.3. The number of aliphatic carboxylic acids is 5. The fraction of sp³-hybridized carbons (Fsp3) is 0.625. The zero-order chi connectivity index (χ0) is 27.4. The highest BCUT2D eigenvalue weighted by molar-refractivity contribution is 5.89. The van der Waals surface area contributed by atoms with Gasteiger partial charge >= 0.3 is 0 Å². The maximum Gasteiger partial charge on any atom is 0.300 e. The van der Waals surface area contributed by atoms with Crippen LogP contribution < -0.4 is 0 Å². The van der Waals surface area contributed by atoms with Crippen LogP contribution in [-0.4, -0.2) is 117 Å². The SMILES string of the molecule is CC(=O)O.CC(=O)O.CC(=O)O.CC(=O)O.CC(=O)O.O=C1C(O)C(O)C(O)C(O)C1O. The summed E-state index contributed by atoms with van der Waals surface area (Å²) in [5, 5.41) is 81.6. The smallest absolute Gasteiger partial charge is 0.300 e. The van der Waals surface area contributed by atoms with Crippen LogP contribution in [0.2, 0.25) is 0 Å². The Bertz CT molecular complexity index is 479. The molecule has 0 aromatic rings. The van der Waals surface area contributed by atoms with Crippen molar-refractivity contribution in [1.82, 2.24) is 0 Å². The third-order valence-electron chi connectivity index (χ3n) is 1.93. The van der Waals surface area contributed by atoms with Crippen LogP contribution in [0.3, 0.4) is 0 Å². The lowest BCUT2D eigenvalue weighted by Gasteiger charge is -2.34. The average molecular weight is 478 g/mol. The molecule has 4 atom stereocenters. The number of hydrogen-bond donors (Lipinski definition) is 10. The summed E-state index contributed by atoms with van der Waals surface area (Å²) in [6.45, 7) is 5.42. The molecule has 0 saturated heterocycles. The van der Waals surface area contributed by atoms with Gasteiger partial charge in [-0.05, 0) is 0 Å². The maximum atomic E-state index is 10.8. The number of carbonyl (C=O) groups is 6. The van der Waals surface area contributed by atoms with E-state index in [9.17, 15) is 4.79 Å². The van der Waals surface area contributed by atoms with Crippen LogP contribution in [0.25, 0.3) is 0 Å². The number of carbonyl (C=O) groups excluding carboxylic acids is 1. The highest BCUT2D eigenvalue weighted by Gasteiger charge is 2.47. The lowest BCUT2D eigenvalue weighted by atomic mass is 9.86. The molecule has 1 fully saturated rings. The summed E-state index contributed by atoms with van der Waals surface area (Å²) >= 11 is 0. The monoisotopic (exact) mass is 478 g/mol. The first-order valence-corrected chi connectivity index (χ1v) is 8.04. The Balaban J connectivity index is -0.000000102. The Hall–Kier alpha value is -3.18. The molecule has 0 aliphatic heterocycles. The Morgan fingerprint density at radius 1 is 0.469 bits per heavy atom. The predicted octanol–water partition coefficient (Wildman–Crippen LogP) is -3.17. The molecule has 0 aromatic heterocycles. The first-order chi connectivity index (χ1) is 14.1. The molecule has 0 heterocycles. The third-order valence-corrected chi connectivity index (χ3v) is 1.93. The highest BCUT2D eigenvalue weighted by Crippen LogP contribution is 2.17. The molecular weight excluding hydrogens is 448 g/mol. The minimum absolute atomic E-state index is 0.833. The van der Waals surface area contributed by atoms with Crippen LogP contribution in [0.1, 0.15) is 34.6 Å². The van der Waals surface area contributed by atoms with Crippen LogP contribution in [-0.2, 0) is 28.8 Å².